The van der Waals surface area contributed by atoms with Crippen molar-refractivity contribution in [2.45, 2.75) is 13.8 Å². The van der Waals surface area contributed by atoms with Gasteiger partial charge in [-0.2, -0.15) is 0 Å². The largest absolute Gasteiger partial charge is 0.463 e. The maximum Gasteiger partial charge on any atom is 0.333 e. The number of carbonyl (C=O) groups is 1. The van der Waals surface area contributed by atoms with Gasteiger partial charge in [0.2, 0.25) is 0 Å². The minimum atomic E-state index is -0.358. The lowest BCUT2D eigenvalue weighted by molar-refractivity contribution is -0.138. The quantitative estimate of drug-likeness (QED) is 0.668. The number of ether oxygens (including phenoxy) is 1. The maximum absolute atomic E-state index is 13.2. The Bertz CT molecular complexity index is 613. The summed E-state index contributed by atoms with van der Waals surface area (Å²) in [5.41, 5.74) is 2.09. The number of nitrogens with one attached hydrogen (secondary N) is 1. The van der Waals surface area contributed by atoms with E-state index in [1.54, 1.807) is 32.2 Å². The second-order valence-electron chi connectivity index (χ2n) is 3.98. The molecular formula is C14H14FNO2. The molecule has 0 bridgehead atoms. The van der Waals surface area contributed by atoms with Crippen LogP contribution in [-0.4, -0.2) is 17.6 Å². The molecule has 0 fully saturated rings. The first-order valence-electron chi connectivity index (χ1n) is 5.74. The van der Waals surface area contributed by atoms with Gasteiger partial charge < -0.3 is 9.72 Å². The van der Waals surface area contributed by atoms with Crippen molar-refractivity contribution in [2.24, 2.45) is 0 Å². The minimum Gasteiger partial charge on any atom is -0.463 e. The van der Waals surface area contributed by atoms with Gasteiger partial charge in [0.15, 0.2) is 0 Å². The zero-order chi connectivity index (χ0) is 13.1. The van der Waals surface area contributed by atoms with Crippen LogP contribution >= 0.6 is 0 Å². The summed E-state index contributed by atoms with van der Waals surface area (Å²) < 4.78 is 18.1. The molecule has 1 heterocycles. The predicted molar refractivity (Wildman–Crippen MR) is 68.5 cm³/mol. The van der Waals surface area contributed by atoms with E-state index in [1.807, 2.05) is 0 Å². The van der Waals surface area contributed by atoms with Gasteiger partial charge >= 0.3 is 5.97 Å². The molecule has 0 aliphatic carbocycles. The predicted octanol–water partition coefficient (Wildman–Crippen LogP) is 3.27. The van der Waals surface area contributed by atoms with Gasteiger partial charge in [0.1, 0.15) is 5.82 Å². The van der Waals surface area contributed by atoms with Crippen LogP contribution in [0.3, 0.4) is 0 Å². The standard InChI is InChI=1S/C14H14FNO2/c1-3-18-14(17)9(2)6-10-8-16-13-5-4-11(15)7-12(10)13/h4-8,16H,3H2,1-2H3/b9-6+. The molecule has 3 nitrogen and oxygen atoms in total. The third kappa shape index (κ3) is 2.42. The van der Waals surface area contributed by atoms with E-state index in [-0.39, 0.29) is 11.8 Å². The van der Waals surface area contributed by atoms with Crippen LogP contribution in [0.4, 0.5) is 4.39 Å². The van der Waals surface area contributed by atoms with Gasteiger partial charge in [0.05, 0.1) is 6.61 Å². The average Bonchev–Trinajstić information content (AvgIpc) is 2.72. The van der Waals surface area contributed by atoms with Crippen LogP contribution in [0.1, 0.15) is 19.4 Å². The fourth-order valence-corrected chi connectivity index (χ4v) is 1.77. The van der Waals surface area contributed by atoms with Crippen LogP contribution in [0.15, 0.2) is 30.0 Å². The van der Waals surface area contributed by atoms with E-state index < -0.39 is 0 Å². The number of hydrogen-bond acceptors (Lipinski definition) is 2. The second kappa shape index (κ2) is 5.04. The number of hydrogen-bond donors (Lipinski definition) is 1. The molecule has 1 aromatic heterocycles. The molecule has 0 saturated carbocycles. The number of aromatic nitrogens is 1. The number of rotatable bonds is 3. The Hall–Kier alpha value is -2.10. The molecule has 4 heteroatoms. The lowest BCUT2D eigenvalue weighted by Gasteiger charge is -2.01. The number of aromatic amines is 1. The molecule has 94 valence electrons. The number of H-pyrrole nitrogens is 1. The van der Waals surface area contributed by atoms with E-state index in [0.717, 1.165) is 16.5 Å². The molecule has 0 unspecified atom stereocenters. The number of fused-ring (bicyclic) bond motifs is 1. The highest BCUT2D eigenvalue weighted by Gasteiger charge is 2.07. The van der Waals surface area contributed by atoms with Crippen LogP contribution in [0.2, 0.25) is 0 Å². The van der Waals surface area contributed by atoms with Gasteiger partial charge in [0.25, 0.3) is 0 Å². The lowest BCUT2D eigenvalue weighted by Crippen LogP contribution is -2.04. The van der Waals surface area contributed by atoms with Gasteiger partial charge in [-0.05, 0) is 38.1 Å². The molecule has 0 spiro atoms. The van der Waals surface area contributed by atoms with E-state index in [9.17, 15) is 9.18 Å². The van der Waals surface area contributed by atoms with Gasteiger partial charge in [-0.25, -0.2) is 9.18 Å². The topological polar surface area (TPSA) is 42.1 Å². The number of carbonyl (C=O) groups excluding carboxylic acids is 1. The van der Waals surface area contributed by atoms with Crippen LogP contribution in [0.25, 0.3) is 17.0 Å². The van der Waals surface area contributed by atoms with Crippen molar-refractivity contribution >= 4 is 22.9 Å². The maximum atomic E-state index is 13.2. The highest BCUT2D eigenvalue weighted by atomic mass is 19.1. The summed E-state index contributed by atoms with van der Waals surface area (Å²) in [5.74, 6) is -0.659. The highest BCUT2D eigenvalue weighted by Crippen LogP contribution is 2.21. The molecule has 0 saturated heterocycles. The van der Waals surface area contributed by atoms with E-state index in [0.29, 0.717) is 12.2 Å². The van der Waals surface area contributed by atoms with E-state index in [1.165, 1.54) is 12.1 Å². The Morgan fingerprint density at radius 3 is 3.00 bits per heavy atom. The molecule has 0 aliphatic rings. The Morgan fingerprint density at radius 1 is 1.50 bits per heavy atom. The molecule has 18 heavy (non-hydrogen) atoms. The molecule has 2 aromatic rings. The first-order chi connectivity index (χ1) is 8.61. The Morgan fingerprint density at radius 2 is 2.28 bits per heavy atom. The molecule has 0 amide bonds. The van der Waals surface area contributed by atoms with E-state index >= 15 is 0 Å². The van der Waals surface area contributed by atoms with Crippen molar-refractivity contribution < 1.29 is 13.9 Å². The Kier molecular flexibility index (Phi) is 3.46. The Labute approximate surface area is 104 Å². The van der Waals surface area contributed by atoms with Crippen LogP contribution in [0.5, 0.6) is 0 Å². The summed E-state index contributed by atoms with van der Waals surface area (Å²) in [6.45, 7) is 3.77. The van der Waals surface area contributed by atoms with Gasteiger partial charge in [-0.15, -0.1) is 0 Å². The molecule has 0 aliphatic heterocycles. The van der Waals surface area contributed by atoms with E-state index in [2.05, 4.69) is 4.98 Å². The summed E-state index contributed by atoms with van der Waals surface area (Å²) in [6, 6.07) is 4.50. The van der Waals surface area contributed by atoms with Gasteiger partial charge in [-0.1, -0.05) is 0 Å². The summed E-state index contributed by atoms with van der Waals surface area (Å²) in [7, 11) is 0. The Balaban J connectivity index is 2.39. The van der Waals surface area contributed by atoms with Crippen molar-refractivity contribution in [2.75, 3.05) is 6.61 Å². The second-order valence-corrected chi connectivity index (χ2v) is 3.98. The van der Waals surface area contributed by atoms with Crippen molar-refractivity contribution in [3.63, 3.8) is 0 Å². The average molecular weight is 247 g/mol. The molecule has 2 rings (SSSR count). The van der Waals surface area contributed by atoms with Gasteiger partial charge in [0, 0.05) is 28.2 Å². The first-order valence-corrected chi connectivity index (χ1v) is 5.74. The number of esters is 1. The number of benzene rings is 1. The summed E-state index contributed by atoms with van der Waals surface area (Å²) in [5, 5.41) is 0.749. The normalized spacial score (nSPS) is 11.8. The van der Waals surface area contributed by atoms with Crippen LogP contribution in [0, 0.1) is 5.82 Å². The number of halogens is 1. The monoisotopic (exact) mass is 247 g/mol. The van der Waals surface area contributed by atoms with Crippen LogP contribution < -0.4 is 0 Å². The third-order valence-electron chi connectivity index (χ3n) is 2.65. The van der Waals surface area contributed by atoms with Crippen molar-refractivity contribution in [3.8, 4) is 0 Å². The summed E-state index contributed by atoms with van der Waals surface area (Å²) in [4.78, 5) is 14.5. The fraction of sp³-hybridized carbons (Fsp3) is 0.214. The minimum absolute atomic E-state index is 0.300. The highest BCUT2D eigenvalue weighted by molar-refractivity contribution is 5.97. The van der Waals surface area contributed by atoms with Gasteiger partial charge in [-0.3, -0.25) is 0 Å². The fourth-order valence-electron chi connectivity index (χ4n) is 1.77. The molecule has 1 N–H and O–H groups in total. The van der Waals surface area contributed by atoms with Crippen molar-refractivity contribution in [3.05, 3.63) is 41.3 Å². The first kappa shape index (κ1) is 12.4. The summed E-state index contributed by atoms with van der Waals surface area (Å²) in [6.07, 6.45) is 3.43. The van der Waals surface area contributed by atoms with E-state index in [4.69, 9.17) is 4.74 Å². The third-order valence-corrected chi connectivity index (χ3v) is 2.65. The van der Waals surface area contributed by atoms with Crippen molar-refractivity contribution in [1.29, 1.82) is 0 Å². The molecule has 1 aromatic carbocycles. The zero-order valence-electron chi connectivity index (χ0n) is 10.3. The lowest BCUT2D eigenvalue weighted by atomic mass is 10.1. The summed E-state index contributed by atoms with van der Waals surface area (Å²) >= 11 is 0. The SMILES string of the molecule is CCOC(=O)/C(C)=C/c1c[nH]c2ccc(F)cc12. The van der Waals surface area contributed by atoms with Crippen molar-refractivity contribution in [1.82, 2.24) is 4.98 Å². The molecule has 0 radical (unpaired) electrons. The van der Waals surface area contributed by atoms with Crippen LogP contribution in [-0.2, 0) is 9.53 Å². The molecule has 0 atom stereocenters. The smallest absolute Gasteiger partial charge is 0.333 e. The zero-order valence-corrected chi connectivity index (χ0v) is 10.3. The molecular weight excluding hydrogens is 233 g/mol.